The summed E-state index contributed by atoms with van der Waals surface area (Å²) in [6.45, 7) is 0.502. The van der Waals surface area contributed by atoms with Crippen molar-refractivity contribution in [3.8, 4) is 0 Å². The quantitative estimate of drug-likeness (QED) is 0.800. The Morgan fingerprint density at radius 2 is 1.95 bits per heavy atom. The van der Waals surface area contributed by atoms with Crippen LogP contribution in [-0.2, 0) is 16.0 Å². The summed E-state index contributed by atoms with van der Waals surface area (Å²) in [6.07, 6.45) is 0.778. The number of hydrogen-bond acceptors (Lipinski definition) is 3. The van der Waals surface area contributed by atoms with Gasteiger partial charge in [0.1, 0.15) is 0 Å². The minimum absolute atomic E-state index is 0.00707. The number of rotatable bonds is 6. The first-order valence-electron chi connectivity index (χ1n) is 5.98. The van der Waals surface area contributed by atoms with Crippen LogP contribution in [0.25, 0.3) is 0 Å². The van der Waals surface area contributed by atoms with Gasteiger partial charge in [-0.3, -0.25) is 9.59 Å². The highest BCUT2D eigenvalue weighted by atomic mass is 79.9. The van der Waals surface area contributed by atoms with Gasteiger partial charge in [0.05, 0.1) is 13.1 Å². The second-order valence-corrected chi connectivity index (χ2v) is 5.09. The highest BCUT2D eigenvalue weighted by Crippen LogP contribution is 2.11. The van der Waals surface area contributed by atoms with Gasteiger partial charge in [-0.1, -0.05) is 28.1 Å². The zero-order chi connectivity index (χ0) is 14.3. The second-order valence-electron chi connectivity index (χ2n) is 4.17. The summed E-state index contributed by atoms with van der Waals surface area (Å²) in [6, 6.07) is 7.97. The number of nitrogens with zero attached hydrogens (tertiary/aromatic N) is 1. The van der Waals surface area contributed by atoms with E-state index in [1.165, 1.54) is 0 Å². The molecule has 0 fully saturated rings. The van der Waals surface area contributed by atoms with Crippen molar-refractivity contribution in [1.29, 1.82) is 0 Å². The van der Waals surface area contributed by atoms with E-state index in [2.05, 4.69) is 21.2 Å². The molecule has 0 heterocycles. The number of amides is 2. The van der Waals surface area contributed by atoms with Crippen molar-refractivity contribution < 1.29 is 9.59 Å². The Morgan fingerprint density at radius 1 is 1.32 bits per heavy atom. The Kier molecular flexibility index (Phi) is 6.52. The van der Waals surface area contributed by atoms with Crippen LogP contribution in [0.2, 0.25) is 0 Å². The lowest BCUT2D eigenvalue weighted by Gasteiger charge is -2.17. The van der Waals surface area contributed by atoms with Crippen LogP contribution in [0, 0.1) is 0 Å². The first kappa shape index (κ1) is 15.7. The molecule has 0 atom stereocenters. The van der Waals surface area contributed by atoms with E-state index < -0.39 is 0 Å². The largest absolute Gasteiger partial charge is 0.346 e. The Hall–Kier alpha value is -1.40. The van der Waals surface area contributed by atoms with Crippen molar-refractivity contribution >= 4 is 27.7 Å². The Balaban J connectivity index is 2.34. The molecule has 1 rings (SSSR count). The molecule has 5 nitrogen and oxygen atoms in total. The van der Waals surface area contributed by atoms with Crippen LogP contribution < -0.4 is 11.1 Å². The molecule has 0 spiro atoms. The molecule has 0 unspecified atom stereocenters. The second kappa shape index (κ2) is 7.91. The normalized spacial score (nSPS) is 10.1. The lowest BCUT2D eigenvalue weighted by molar-refractivity contribution is -0.131. The molecule has 19 heavy (non-hydrogen) atoms. The number of nitrogens with one attached hydrogen (secondary N) is 1. The van der Waals surface area contributed by atoms with Gasteiger partial charge in [0.25, 0.3) is 0 Å². The van der Waals surface area contributed by atoms with Crippen molar-refractivity contribution in [2.45, 2.75) is 6.42 Å². The highest BCUT2D eigenvalue weighted by molar-refractivity contribution is 9.10. The number of carbonyl (C=O) groups excluding carboxylic acids is 2. The third-order valence-electron chi connectivity index (χ3n) is 2.70. The Morgan fingerprint density at radius 3 is 2.53 bits per heavy atom. The third kappa shape index (κ3) is 5.85. The molecule has 1 aromatic carbocycles. The molecular formula is C13H18BrN3O2. The van der Waals surface area contributed by atoms with E-state index >= 15 is 0 Å². The van der Waals surface area contributed by atoms with Gasteiger partial charge in [0.2, 0.25) is 11.8 Å². The van der Waals surface area contributed by atoms with E-state index in [9.17, 15) is 9.59 Å². The van der Waals surface area contributed by atoms with Gasteiger partial charge in [0.15, 0.2) is 0 Å². The fraction of sp³-hybridized carbons (Fsp3) is 0.385. The van der Waals surface area contributed by atoms with Gasteiger partial charge in [-0.05, 0) is 24.1 Å². The molecule has 0 saturated carbocycles. The molecule has 0 saturated heterocycles. The number of hydrogen-bond donors (Lipinski definition) is 2. The standard InChI is InChI=1S/C13H18BrN3O2/c1-17(13(19)9-16-12(18)8-15)7-6-10-2-4-11(14)5-3-10/h2-5H,6-9,15H2,1H3,(H,16,18). The highest BCUT2D eigenvalue weighted by Gasteiger charge is 2.09. The lowest BCUT2D eigenvalue weighted by atomic mass is 10.1. The predicted octanol–water partition coefficient (Wildman–Crippen LogP) is 0.525. The molecule has 0 bridgehead atoms. The fourth-order valence-corrected chi connectivity index (χ4v) is 1.72. The summed E-state index contributed by atoms with van der Waals surface area (Å²) in [5, 5.41) is 2.46. The average molecular weight is 328 g/mol. The van der Waals surface area contributed by atoms with Crippen molar-refractivity contribution in [1.82, 2.24) is 10.2 Å². The maximum absolute atomic E-state index is 11.7. The molecule has 2 amide bonds. The van der Waals surface area contributed by atoms with Gasteiger partial charge in [-0.15, -0.1) is 0 Å². The molecule has 3 N–H and O–H groups in total. The van der Waals surface area contributed by atoms with Gasteiger partial charge in [-0.2, -0.15) is 0 Å². The molecule has 0 radical (unpaired) electrons. The molecule has 0 aliphatic heterocycles. The topological polar surface area (TPSA) is 75.4 Å². The van der Waals surface area contributed by atoms with Crippen LogP contribution in [0.3, 0.4) is 0 Å². The predicted molar refractivity (Wildman–Crippen MR) is 77.5 cm³/mol. The summed E-state index contributed by atoms with van der Waals surface area (Å²) in [7, 11) is 1.72. The van der Waals surface area contributed by atoms with Gasteiger partial charge < -0.3 is 16.0 Å². The van der Waals surface area contributed by atoms with Crippen molar-refractivity contribution in [3.63, 3.8) is 0 Å². The maximum atomic E-state index is 11.7. The third-order valence-corrected chi connectivity index (χ3v) is 3.23. The maximum Gasteiger partial charge on any atom is 0.241 e. The van der Waals surface area contributed by atoms with E-state index in [0.717, 1.165) is 16.5 Å². The minimum atomic E-state index is -0.324. The summed E-state index contributed by atoms with van der Waals surface area (Å²) >= 11 is 3.37. The lowest BCUT2D eigenvalue weighted by Crippen LogP contribution is -2.40. The average Bonchev–Trinajstić information content (AvgIpc) is 2.43. The van der Waals surface area contributed by atoms with Crippen molar-refractivity contribution in [2.75, 3.05) is 26.7 Å². The molecular weight excluding hydrogens is 310 g/mol. The number of halogens is 1. The van der Waals surface area contributed by atoms with E-state index in [-0.39, 0.29) is 24.9 Å². The van der Waals surface area contributed by atoms with Crippen molar-refractivity contribution in [3.05, 3.63) is 34.3 Å². The van der Waals surface area contributed by atoms with Crippen LogP contribution >= 0.6 is 15.9 Å². The summed E-state index contributed by atoms with van der Waals surface area (Å²) < 4.78 is 1.03. The minimum Gasteiger partial charge on any atom is -0.346 e. The molecule has 0 aliphatic rings. The number of carbonyl (C=O) groups is 2. The number of likely N-dealkylation sites (N-methyl/N-ethyl adjacent to an activating group) is 1. The van der Waals surface area contributed by atoms with E-state index in [0.29, 0.717) is 6.54 Å². The van der Waals surface area contributed by atoms with Crippen molar-refractivity contribution in [2.24, 2.45) is 5.73 Å². The van der Waals surface area contributed by atoms with Crippen LogP contribution in [0.4, 0.5) is 0 Å². The zero-order valence-corrected chi connectivity index (χ0v) is 12.4. The van der Waals surface area contributed by atoms with Gasteiger partial charge >= 0.3 is 0 Å². The zero-order valence-electron chi connectivity index (χ0n) is 10.9. The number of nitrogens with two attached hydrogens (primary N) is 1. The Labute approximate surface area is 121 Å². The summed E-state index contributed by atoms with van der Waals surface area (Å²) in [5.41, 5.74) is 6.30. The fourth-order valence-electron chi connectivity index (χ4n) is 1.45. The van der Waals surface area contributed by atoms with Crippen LogP contribution in [0.15, 0.2) is 28.7 Å². The molecule has 104 valence electrons. The first-order valence-corrected chi connectivity index (χ1v) is 6.77. The van der Waals surface area contributed by atoms with Crippen LogP contribution in [-0.4, -0.2) is 43.4 Å². The van der Waals surface area contributed by atoms with Crippen LogP contribution in [0.5, 0.6) is 0 Å². The number of benzene rings is 1. The van der Waals surface area contributed by atoms with Crippen LogP contribution in [0.1, 0.15) is 5.56 Å². The van der Waals surface area contributed by atoms with Gasteiger partial charge in [0, 0.05) is 18.1 Å². The Bertz CT molecular complexity index is 434. The molecule has 0 aromatic heterocycles. The smallest absolute Gasteiger partial charge is 0.241 e. The van der Waals surface area contributed by atoms with E-state index in [1.54, 1.807) is 11.9 Å². The summed E-state index contributed by atoms with van der Waals surface area (Å²) in [5.74, 6) is -0.450. The summed E-state index contributed by atoms with van der Waals surface area (Å²) in [4.78, 5) is 24.2. The SMILES string of the molecule is CN(CCc1ccc(Br)cc1)C(=O)CNC(=O)CN. The molecule has 0 aliphatic carbocycles. The molecule has 6 heteroatoms. The molecule has 1 aromatic rings. The van der Waals surface area contributed by atoms with E-state index in [1.807, 2.05) is 24.3 Å². The van der Waals surface area contributed by atoms with E-state index in [4.69, 9.17) is 5.73 Å². The first-order chi connectivity index (χ1) is 9.02. The van der Waals surface area contributed by atoms with Gasteiger partial charge in [-0.25, -0.2) is 0 Å². The monoisotopic (exact) mass is 327 g/mol.